The van der Waals surface area contributed by atoms with E-state index in [4.69, 9.17) is 11.6 Å². The summed E-state index contributed by atoms with van der Waals surface area (Å²) in [7, 11) is 0. The van der Waals surface area contributed by atoms with Crippen LogP contribution in [0, 0.1) is 0 Å². The number of hydrogen-bond acceptors (Lipinski definition) is 5. The van der Waals surface area contributed by atoms with Gasteiger partial charge in [0.25, 0.3) is 0 Å². The number of amides is 1. The van der Waals surface area contributed by atoms with Gasteiger partial charge in [0.1, 0.15) is 5.00 Å². The molecule has 0 unspecified atom stereocenters. The van der Waals surface area contributed by atoms with E-state index in [0.717, 1.165) is 66.5 Å². The lowest BCUT2D eigenvalue weighted by molar-refractivity contribution is -0.115. The van der Waals surface area contributed by atoms with Crippen molar-refractivity contribution in [1.29, 1.82) is 0 Å². The lowest BCUT2D eigenvalue weighted by Crippen LogP contribution is -2.46. The smallest absolute Gasteiger partial charge is 0.228 e. The molecule has 5 nitrogen and oxygen atoms in total. The molecular weight excluding hydrogens is 472 g/mol. The maximum atomic E-state index is 11.6. The summed E-state index contributed by atoms with van der Waals surface area (Å²) in [4.78, 5) is 16.5. The maximum absolute atomic E-state index is 11.6. The predicted molar refractivity (Wildman–Crippen MR) is 126 cm³/mol. The van der Waals surface area contributed by atoms with Crippen LogP contribution in [0.25, 0.3) is 10.9 Å². The Labute approximate surface area is 189 Å². The van der Waals surface area contributed by atoms with Crippen molar-refractivity contribution in [2.45, 2.75) is 12.8 Å². The summed E-state index contributed by atoms with van der Waals surface area (Å²) in [6, 6.07) is 12.4. The van der Waals surface area contributed by atoms with Crippen LogP contribution in [0.1, 0.15) is 11.1 Å². The van der Waals surface area contributed by atoms with Gasteiger partial charge in [0.05, 0.1) is 11.9 Å². The molecule has 1 N–H and O–H groups in total. The van der Waals surface area contributed by atoms with Crippen LogP contribution in [0.5, 0.6) is 0 Å². The van der Waals surface area contributed by atoms with Crippen molar-refractivity contribution in [1.82, 2.24) is 9.27 Å². The molecule has 29 heavy (non-hydrogen) atoms. The van der Waals surface area contributed by atoms with Gasteiger partial charge in [-0.2, -0.15) is 4.37 Å². The molecule has 3 heterocycles. The van der Waals surface area contributed by atoms with Gasteiger partial charge in [-0.3, -0.25) is 9.69 Å². The van der Waals surface area contributed by atoms with Crippen molar-refractivity contribution >= 4 is 67.6 Å². The Bertz CT molecular complexity index is 1050. The highest BCUT2D eigenvalue weighted by Gasteiger charge is 2.22. The van der Waals surface area contributed by atoms with Gasteiger partial charge in [0.15, 0.2) is 0 Å². The van der Waals surface area contributed by atoms with Gasteiger partial charge in [-0.15, -0.1) is 17.0 Å². The van der Waals surface area contributed by atoms with E-state index in [1.54, 1.807) is 11.5 Å². The highest BCUT2D eigenvalue weighted by molar-refractivity contribution is 8.93. The molecule has 2 aromatic carbocycles. The normalized spacial score (nSPS) is 16.6. The van der Waals surface area contributed by atoms with Crippen molar-refractivity contribution in [3.05, 3.63) is 52.5 Å². The number of benzene rings is 2. The molecule has 2 aliphatic rings. The quantitative estimate of drug-likeness (QED) is 0.586. The largest absolute Gasteiger partial charge is 0.359 e. The second-order valence-corrected chi connectivity index (χ2v) is 8.57. The standard InChI is InChI=1S/C21H21ClN4OS.BrH/c22-17-13-19-15(12-20(27)23-19)11-14(17)5-6-25-7-9-26(10-8-25)21-16-3-1-2-4-18(16)24-28-21;/h1-4,11,13H,5-10,12H2,(H,23,27);1H. The van der Waals surface area contributed by atoms with Gasteiger partial charge >= 0.3 is 0 Å². The molecule has 0 spiro atoms. The van der Waals surface area contributed by atoms with Crippen molar-refractivity contribution < 1.29 is 4.79 Å². The SMILES string of the molecule is Br.O=C1Cc2cc(CCN3CCN(c4snc5ccccc45)CC3)c(Cl)cc2N1. The van der Waals surface area contributed by atoms with E-state index in [9.17, 15) is 4.79 Å². The summed E-state index contributed by atoms with van der Waals surface area (Å²) in [5, 5.41) is 6.15. The molecule has 2 aliphatic heterocycles. The Morgan fingerprint density at radius 2 is 1.93 bits per heavy atom. The Kier molecular flexibility index (Phi) is 6.11. The number of anilines is 2. The lowest BCUT2D eigenvalue weighted by Gasteiger charge is -2.35. The molecular formula is C21H22BrClN4OS. The van der Waals surface area contributed by atoms with Gasteiger partial charge in [-0.05, 0) is 47.3 Å². The first-order valence-electron chi connectivity index (χ1n) is 9.60. The number of halogens is 2. The van der Waals surface area contributed by atoms with Crippen LogP contribution in [0.4, 0.5) is 10.7 Å². The van der Waals surface area contributed by atoms with Gasteiger partial charge in [0, 0.05) is 48.8 Å². The molecule has 0 aliphatic carbocycles. The Hall–Kier alpha value is -1.67. The molecule has 152 valence electrons. The van der Waals surface area contributed by atoms with Crippen molar-refractivity contribution in [3.63, 3.8) is 0 Å². The van der Waals surface area contributed by atoms with E-state index in [1.165, 1.54) is 10.4 Å². The van der Waals surface area contributed by atoms with Crippen molar-refractivity contribution in [2.75, 3.05) is 42.9 Å². The zero-order chi connectivity index (χ0) is 19.1. The molecule has 0 radical (unpaired) electrons. The number of rotatable bonds is 4. The maximum Gasteiger partial charge on any atom is 0.228 e. The topological polar surface area (TPSA) is 48.5 Å². The molecule has 1 saturated heterocycles. The summed E-state index contributed by atoms with van der Waals surface area (Å²) in [5.41, 5.74) is 4.15. The third-order valence-electron chi connectivity index (χ3n) is 5.62. The second-order valence-electron chi connectivity index (χ2n) is 7.41. The monoisotopic (exact) mass is 492 g/mol. The third kappa shape index (κ3) is 4.14. The predicted octanol–water partition coefficient (Wildman–Crippen LogP) is 4.39. The van der Waals surface area contributed by atoms with Crippen LogP contribution >= 0.6 is 40.1 Å². The molecule has 1 amide bonds. The number of nitrogens with one attached hydrogen (secondary N) is 1. The molecule has 0 bridgehead atoms. The fourth-order valence-corrected chi connectivity index (χ4v) is 5.22. The summed E-state index contributed by atoms with van der Waals surface area (Å²) >= 11 is 8.04. The second kappa shape index (κ2) is 8.60. The van der Waals surface area contributed by atoms with Crippen molar-refractivity contribution in [2.24, 2.45) is 0 Å². The van der Waals surface area contributed by atoms with E-state index >= 15 is 0 Å². The van der Waals surface area contributed by atoms with Gasteiger partial charge < -0.3 is 10.2 Å². The average Bonchev–Trinajstić information content (AvgIpc) is 3.29. The Morgan fingerprint density at radius 1 is 1.14 bits per heavy atom. The molecule has 1 aromatic heterocycles. The van der Waals surface area contributed by atoms with Gasteiger partial charge in [0.2, 0.25) is 5.91 Å². The van der Waals surface area contributed by atoms with Crippen LogP contribution in [-0.2, 0) is 17.6 Å². The minimum atomic E-state index is 0. The number of aromatic nitrogens is 1. The van der Waals surface area contributed by atoms with E-state index in [1.807, 2.05) is 12.1 Å². The molecule has 0 saturated carbocycles. The summed E-state index contributed by atoms with van der Waals surface area (Å²) in [6.45, 7) is 5.09. The van der Waals surface area contributed by atoms with Gasteiger partial charge in [-0.25, -0.2) is 0 Å². The van der Waals surface area contributed by atoms with Crippen LogP contribution in [-0.4, -0.2) is 47.9 Å². The van der Waals surface area contributed by atoms with Crippen LogP contribution in [0.2, 0.25) is 5.02 Å². The molecule has 5 rings (SSSR count). The first-order valence-corrected chi connectivity index (χ1v) is 10.8. The molecule has 3 aromatic rings. The average molecular weight is 494 g/mol. The lowest BCUT2D eigenvalue weighted by atomic mass is 10.1. The van der Waals surface area contributed by atoms with Crippen LogP contribution in [0.15, 0.2) is 36.4 Å². The summed E-state index contributed by atoms with van der Waals surface area (Å²) < 4.78 is 4.58. The number of nitrogens with zero attached hydrogens (tertiary/aromatic N) is 3. The molecule has 1 fully saturated rings. The van der Waals surface area contributed by atoms with Crippen LogP contribution < -0.4 is 10.2 Å². The zero-order valence-corrected chi connectivity index (χ0v) is 19.1. The zero-order valence-electron chi connectivity index (χ0n) is 15.9. The van der Waals surface area contributed by atoms with E-state index in [0.29, 0.717) is 6.42 Å². The number of hydrogen-bond donors (Lipinski definition) is 1. The van der Waals surface area contributed by atoms with E-state index < -0.39 is 0 Å². The number of fused-ring (bicyclic) bond motifs is 2. The first-order chi connectivity index (χ1) is 13.7. The van der Waals surface area contributed by atoms with E-state index in [-0.39, 0.29) is 22.9 Å². The number of piperazine rings is 1. The Morgan fingerprint density at radius 3 is 2.76 bits per heavy atom. The number of carbonyl (C=O) groups excluding carboxylic acids is 1. The minimum absolute atomic E-state index is 0. The summed E-state index contributed by atoms with van der Waals surface area (Å²) in [5.74, 6) is 0.0509. The Balaban J connectivity index is 0.00000205. The highest BCUT2D eigenvalue weighted by Crippen LogP contribution is 2.32. The van der Waals surface area contributed by atoms with Crippen LogP contribution in [0.3, 0.4) is 0 Å². The molecule has 8 heteroatoms. The van der Waals surface area contributed by atoms with E-state index in [2.05, 4.69) is 43.8 Å². The number of carbonyl (C=O) groups is 1. The molecule has 0 atom stereocenters. The third-order valence-corrected chi connectivity index (χ3v) is 6.91. The fraction of sp³-hybridized carbons (Fsp3) is 0.333. The van der Waals surface area contributed by atoms with Crippen molar-refractivity contribution in [3.8, 4) is 0 Å². The highest BCUT2D eigenvalue weighted by atomic mass is 79.9. The minimum Gasteiger partial charge on any atom is -0.359 e. The first kappa shape index (κ1) is 20.6. The van der Waals surface area contributed by atoms with Gasteiger partial charge in [-0.1, -0.05) is 29.8 Å². The summed E-state index contributed by atoms with van der Waals surface area (Å²) in [6.07, 6.45) is 1.37. The fourth-order valence-electron chi connectivity index (χ4n) is 4.05.